The van der Waals surface area contributed by atoms with Gasteiger partial charge in [-0.05, 0) is 64.7 Å². The highest BCUT2D eigenvalue weighted by atomic mass is 16.3. The van der Waals surface area contributed by atoms with Gasteiger partial charge in [-0.25, -0.2) is 15.0 Å². The van der Waals surface area contributed by atoms with Gasteiger partial charge in [-0.1, -0.05) is 121 Å². The summed E-state index contributed by atoms with van der Waals surface area (Å²) in [4.78, 5) is 15.3. The third-order valence-electron chi connectivity index (χ3n) is 10.2. The molecular formula is C47H28N4O. The highest BCUT2D eigenvalue weighted by molar-refractivity contribution is 6.20. The van der Waals surface area contributed by atoms with Gasteiger partial charge in [-0.2, -0.15) is 0 Å². The summed E-state index contributed by atoms with van der Waals surface area (Å²) in [7, 11) is 0. The van der Waals surface area contributed by atoms with Crippen LogP contribution in [-0.2, 0) is 0 Å². The molecule has 0 aliphatic heterocycles. The van der Waals surface area contributed by atoms with Gasteiger partial charge in [-0.15, -0.1) is 0 Å². The van der Waals surface area contributed by atoms with E-state index in [1.165, 1.54) is 37.8 Å². The second-order valence-corrected chi connectivity index (χ2v) is 13.3. The third-order valence-corrected chi connectivity index (χ3v) is 10.2. The van der Waals surface area contributed by atoms with Gasteiger partial charge >= 0.3 is 0 Å². The lowest BCUT2D eigenvalue weighted by Gasteiger charge is -2.13. The molecule has 0 saturated heterocycles. The van der Waals surface area contributed by atoms with Gasteiger partial charge in [0, 0.05) is 49.3 Å². The molecule has 8 aromatic carbocycles. The number of hydrogen-bond acceptors (Lipinski definition) is 4. The minimum Gasteiger partial charge on any atom is -0.456 e. The Kier molecular flexibility index (Phi) is 6.18. The fourth-order valence-electron chi connectivity index (χ4n) is 7.73. The Bertz CT molecular complexity index is 3190. The Labute approximate surface area is 298 Å². The molecule has 0 N–H and O–H groups in total. The standard InChI is InChI=1S/C47H28N4O/c1-2-12-30(13-3-1)45-48-46(50-47(49-45)34-22-24-43-40(27-34)37-19-8-9-20-42(37)52-43)33-16-10-17-35(25-33)51-41-28-32-15-5-4-14-31(32)26-39(41)38-23-21-29-11-6-7-18-36(29)44(38)51/h1-28H. The van der Waals surface area contributed by atoms with Crippen LogP contribution in [0.3, 0.4) is 0 Å². The maximum absolute atomic E-state index is 6.13. The SMILES string of the molecule is c1ccc(-c2nc(-c3cccc(-n4c5cc6ccccc6cc5c5ccc6ccccc6c54)c3)nc(-c3ccc4oc5ccccc5c4c3)n2)cc1. The highest BCUT2D eigenvalue weighted by Gasteiger charge is 2.18. The molecule has 0 spiro atoms. The molecule has 11 rings (SSSR count). The number of fused-ring (bicyclic) bond motifs is 9. The van der Waals surface area contributed by atoms with Crippen LogP contribution in [-0.4, -0.2) is 19.5 Å². The number of rotatable bonds is 4. The number of furan rings is 1. The maximum Gasteiger partial charge on any atom is 0.164 e. The van der Waals surface area contributed by atoms with Crippen molar-refractivity contribution >= 4 is 65.3 Å². The van der Waals surface area contributed by atoms with Gasteiger partial charge in [0.1, 0.15) is 11.2 Å². The van der Waals surface area contributed by atoms with Crippen LogP contribution in [0.1, 0.15) is 0 Å². The molecule has 0 saturated carbocycles. The molecule has 0 bridgehead atoms. The van der Waals surface area contributed by atoms with Gasteiger partial charge in [0.05, 0.1) is 11.0 Å². The normalized spacial score (nSPS) is 11.8. The number of para-hydroxylation sites is 1. The van der Waals surface area contributed by atoms with Crippen molar-refractivity contribution in [3.63, 3.8) is 0 Å². The first kappa shape index (κ1) is 28.7. The molecule has 0 radical (unpaired) electrons. The van der Waals surface area contributed by atoms with E-state index in [9.17, 15) is 0 Å². The maximum atomic E-state index is 6.13. The average Bonchev–Trinajstić information content (AvgIpc) is 3.75. The molecule has 0 aliphatic carbocycles. The van der Waals surface area contributed by atoms with Crippen molar-refractivity contribution in [2.75, 3.05) is 0 Å². The first-order valence-corrected chi connectivity index (χ1v) is 17.4. The summed E-state index contributed by atoms with van der Waals surface area (Å²) in [5, 5.41) is 9.39. The fourth-order valence-corrected chi connectivity index (χ4v) is 7.73. The van der Waals surface area contributed by atoms with Crippen LogP contribution in [0.4, 0.5) is 0 Å². The van der Waals surface area contributed by atoms with Gasteiger partial charge < -0.3 is 8.98 Å². The topological polar surface area (TPSA) is 56.7 Å². The van der Waals surface area contributed by atoms with Crippen molar-refractivity contribution in [3.05, 3.63) is 170 Å². The lowest BCUT2D eigenvalue weighted by atomic mass is 10.0. The Morgan fingerprint density at radius 2 is 1.00 bits per heavy atom. The molecule has 3 heterocycles. The fraction of sp³-hybridized carbons (Fsp3) is 0. The first-order valence-electron chi connectivity index (χ1n) is 17.4. The minimum atomic E-state index is 0.607. The zero-order chi connectivity index (χ0) is 34.2. The molecule has 0 amide bonds. The van der Waals surface area contributed by atoms with E-state index < -0.39 is 0 Å². The van der Waals surface area contributed by atoms with Crippen molar-refractivity contribution < 1.29 is 4.42 Å². The van der Waals surface area contributed by atoms with E-state index >= 15 is 0 Å². The summed E-state index contributed by atoms with van der Waals surface area (Å²) in [6, 6.07) is 59.3. The van der Waals surface area contributed by atoms with E-state index in [2.05, 4.69) is 114 Å². The van der Waals surface area contributed by atoms with Crippen LogP contribution >= 0.6 is 0 Å². The second-order valence-electron chi connectivity index (χ2n) is 13.3. The van der Waals surface area contributed by atoms with E-state index in [4.69, 9.17) is 19.4 Å². The summed E-state index contributed by atoms with van der Waals surface area (Å²) in [6.07, 6.45) is 0. The monoisotopic (exact) mass is 664 g/mol. The smallest absolute Gasteiger partial charge is 0.164 e. The van der Waals surface area contributed by atoms with Crippen molar-refractivity contribution in [3.8, 4) is 39.9 Å². The lowest BCUT2D eigenvalue weighted by Crippen LogP contribution is -2.01. The molecule has 0 aliphatic rings. The summed E-state index contributed by atoms with van der Waals surface area (Å²) >= 11 is 0. The second kappa shape index (κ2) is 11.2. The first-order chi connectivity index (χ1) is 25.7. The Hall–Kier alpha value is -7.11. The van der Waals surface area contributed by atoms with Crippen molar-refractivity contribution in [2.45, 2.75) is 0 Å². The minimum absolute atomic E-state index is 0.607. The van der Waals surface area contributed by atoms with Crippen molar-refractivity contribution in [2.24, 2.45) is 0 Å². The Morgan fingerprint density at radius 1 is 0.365 bits per heavy atom. The zero-order valence-corrected chi connectivity index (χ0v) is 27.9. The van der Waals surface area contributed by atoms with E-state index in [0.717, 1.165) is 49.8 Å². The molecule has 3 aromatic heterocycles. The third kappa shape index (κ3) is 4.46. The van der Waals surface area contributed by atoms with Gasteiger partial charge in [-0.3, -0.25) is 0 Å². The van der Waals surface area contributed by atoms with Crippen molar-refractivity contribution in [1.82, 2.24) is 19.5 Å². The summed E-state index contributed by atoms with van der Waals surface area (Å²) in [5.41, 5.74) is 7.81. The predicted molar refractivity (Wildman–Crippen MR) is 213 cm³/mol. The van der Waals surface area contributed by atoms with E-state index in [-0.39, 0.29) is 0 Å². The molecule has 0 atom stereocenters. The largest absolute Gasteiger partial charge is 0.456 e. The molecule has 0 fully saturated rings. The summed E-state index contributed by atoms with van der Waals surface area (Å²) < 4.78 is 8.54. The van der Waals surface area contributed by atoms with Crippen LogP contribution in [0.5, 0.6) is 0 Å². The lowest BCUT2D eigenvalue weighted by molar-refractivity contribution is 0.669. The van der Waals surface area contributed by atoms with Gasteiger partial charge in [0.15, 0.2) is 17.5 Å². The molecule has 5 nitrogen and oxygen atoms in total. The molecule has 0 unspecified atom stereocenters. The Balaban J connectivity index is 1.15. The number of benzene rings is 8. The Morgan fingerprint density at radius 3 is 1.83 bits per heavy atom. The molecule has 5 heteroatoms. The van der Waals surface area contributed by atoms with Crippen LogP contribution < -0.4 is 0 Å². The van der Waals surface area contributed by atoms with Crippen LogP contribution in [0, 0.1) is 0 Å². The molecule has 11 aromatic rings. The summed E-state index contributed by atoms with van der Waals surface area (Å²) in [6.45, 7) is 0. The van der Waals surface area contributed by atoms with Crippen LogP contribution in [0.15, 0.2) is 174 Å². The highest BCUT2D eigenvalue weighted by Crippen LogP contribution is 2.39. The average molecular weight is 665 g/mol. The summed E-state index contributed by atoms with van der Waals surface area (Å²) in [5.74, 6) is 1.84. The molecule has 52 heavy (non-hydrogen) atoms. The quantitative estimate of drug-likeness (QED) is 0.188. The van der Waals surface area contributed by atoms with Gasteiger partial charge in [0.2, 0.25) is 0 Å². The molecule has 242 valence electrons. The van der Waals surface area contributed by atoms with Crippen molar-refractivity contribution in [1.29, 1.82) is 0 Å². The molecular weight excluding hydrogens is 637 g/mol. The van der Waals surface area contributed by atoms with E-state index in [1.807, 2.05) is 60.7 Å². The predicted octanol–water partition coefficient (Wildman–Crippen LogP) is 12.2. The van der Waals surface area contributed by atoms with Crippen LogP contribution in [0.25, 0.3) is 105 Å². The van der Waals surface area contributed by atoms with Gasteiger partial charge in [0.25, 0.3) is 0 Å². The zero-order valence-electron chi connectivity index (χ0n) is 27.9. The van der Waals surface area contributed by atoms with Crippen LogP contribution in [0.2, 0.25) is 0 Å². The number of hydrogen-bond donors (Lipinski definition) is 0. The number of nitrogens with zero attached hydrogens (tertiary/aromatic N) is 4. The van der Waals surface area contributed by atoms with E-state index in [1.54, 1.807) is 0 Å². The van der Waals surface area contributed by atoms with E-state index in [0.29, 0.717) is 17.5 Å². The number of aromatic nitrogens is 4.